The summed E-state index contributed by atoms with van der Waals surface area (Å²) in [5.41, 5.74) is 5.54. The largest absolute Gasteiger partial charge is 0.355 e. The Labute approximate surface area is 92.4 Å². The Balaban J connectivity index is 2.60. The number of nitrogens with one attached hydrogen (secondary N) is 1. The standard InChI is InChI=1S/C10H12ClFN2O/c11-8-2-1-7(9(12)6-8)5-10(15)14-4-3-13/h1-2,6H,3-5,13H2,(H,14,15). The van der Waals surface area contributed by atoms with Crippen molar-refractivity contribution < 1.29 is 9.18 Å². The quantitative estimate of drug-likeness (QED) is 0.814. The lowest BCUT2D eigenvalue weighted by Gasteiger charge is -2.04. The number of hydrogen-bond donors (Lipinski definition) is 2. The maximum Gasteiger partial charge on any atom is 0.224 e. The second kappa shape index (κ2) is 5.68. The molecule has 0 unspecified atom stereocenters. The average molecular weight is 231 g/mol. The zero-order valence-corrected chi connectivity index (χ0v) is 8.85. The van der Waals surface area contributed by atoms with Gasteiger partial charge in [-0.05, 0) is 17.7 Å². The van der Waals surface area contributed by atoms with Gasteiger partial charge in [0, 0.05) is 18.1 Å². The van der Waals surface area contributed by atoms with Gasteiger partial charge in [-0.25, -0.2) is 4.39 Å². The van der Waals surface area contributed by atoms with Gasteiger partial charge in [0.2, 0.25) is 5.91 Å². The Morgan fingerprint density at radius 3 is 2.87 bits per heavy atom. The summed E-state index contributed by atoms with van der Waals surface area (Å²) < 4.78 is 13.2. The molecule has 1 amide bonds. The normalized spacial score (nSPS) is 10.1. The highest BCUT2D eigenvalue weighted by Crippen LogP contribution is 2.14. The van der Waals surface area contributed by atoms with Crippen LogP contribution in [0.1, 0.15) is 5.56 Å². The van der Waals surface area contributed by atoms with Crippen LogP contribution in [0, 0.1) is 5.82 Å². The highest BCUT2D eigenvalue weighted by atomic mass is 35.5. The lowest BCUT2D eigenvalue weighted by atomic mass is 10.1. The lowest BCUT2D eigenvalue weighted by Crippen LogP contribution is -2.30. The van der Waals surface area contributed by atoms with Gasteiger partial charge in [-0.2, -0.15) is 0 Å². The van der Waals surface area contributed by atoms with Crippen LogP contribution in [0.4, 0.5) is 4.39 Å². The fourth-order valence-electron chi connectivity index (χ4n) is 1.11. The minimum Gasteiger partial charge on any atom is -0.355 e. The molecule has 0 saturated carbocycles. The van der Waals surface area contributed by atoms with E-state index in [9.17, 15) is 9.18 Å². The zero-order chi connectivity index (χ0) is 11.3. The van der Waals surface area contributed by atoms with Crippen LogP contribution in [0.5, 0.6) is 0 Å². The maximum absolute atomic E-state index is 13.2. The molecule has 1 aromatic carbocycles. The summed E-state index contributed by atoms with van der Waals surface area (Å²) in [6.07, 6.45) is 0.00298. The van der Waals surface area contributed by atoms with E-state index in [1.165, 1.54) is 12.1 Å². The lowest BCUT2D eigenvalue weighted by molar-refractivity contribution is -0.120. The average Bonchev–Trinajstić information content (AvgIpc) is 2.19. The second-order valence-electron chi connectivity index (χ2n) is 3.05. The first kappa shape index (κ1) is 11.9. The smallest absolute Gasteiger partial charge is 0.224 e. The summed E-state index contributed by atoms with van der Waals surface area (Å²) in [4.78, 5) is 11.2. The van der Waals surface area contributed by atoms with E-state index in [1.807, 2.05) is 0 Å². The minimum atomic E-state index is -0.467. The van der Waals surface area contributed by atoms with Crippen LogP contribution in [0.25, 0.3) is 0 Å². The van der Waals surface area contributed by atoms with E-state index in [1.54, 1.807) is 6.07 Å². The summed E-state index contributed by atoms with van der Waals surface area (Å²) in [6, 6.07) is 4.24. The van der Waals surface area contributed by atoms with Crippen molar-refractivity contribution in [1.29, 1.82) is 0 Å². The van der Waals surface area contributed by atoms with E-state index >= 15 is 0 Å². The summed E-state index contributed by atoms with van der Waals surface area (Å²) in [5.74, 6) is -0.716. The van der Waals surface area contributed by atoms with Crippen LogP contribution in [-0.4, -0.2) is 19.0 Å². The number of benzene rings is 1. The highest BCUT2D eigenvalue weighted by molar-refractivity contribution is 6.30. The van der Waals surface area contributed by atoms with Crippen molar-refractivity contribution in [3.05, 3.63) is 34.6 Å². The zero-order valence-electron chi connectivity index (χ0n) is 8.09. The van der Waals surface area contributed by atoms with Crippen molar-refractivity contribution in [2.24, 2.45) is 5.73 Å². The van der Waals surface area contributed by atoms with Gasteiger partial charge in [-0.15, -0.1) is 0 Å². The summed E-state index contributed by atoms with van der Waals surface area (Å²) in [6.45, 7) is 0.767. The minimum absolute atomic E-state index is 0.00298. The number of rotatable bonds is 4. The summed E-state index contributed by atoms with van der Waals surface area (Å²) in [5, 5.41) is 2.88. The molecule has 0 aliphatic heterocycles. The van der Waals surface area contributed by atoms with Crippen LogP contribution >= 0.6 is 11.6 Å². The second-order valence-corrected chi connectivity index (χ2v) is 3.49. The third kappa shape index (κ3) is 3.85. The molecule has 1 aromatic rings. The van der Waals surface area contributed by atoms with E-state index < -0.39 is 5.82 Å². The van der Waals surface area contributed by atoms with Crippen molar-refractivity contribution >= 4 is 17.5 Å². The first-order chi connectivity index (χ1) is 7.13. The predicted molar refractivity (Wildman–Crippen MR) is 57.2 cm³/mol. The first-order valence-corrected chi connectivity index (χ1v) is 4.92. The van der Waals surface area contributed by atoms with Gasteiger partial charge < -0.3 is 11.1 Å². The van der Waals surface area contributed by atoms with Gasteiger partial charge in [0.15, 0.2) is 0 Å². The van der Waals surface area contributed by atoms with Crippen LogP contribution in [0.2, 0.25) is 5.02 Å². The van der Waals surface area contributed by atoms with Gasteiger partial charge in [-0.3, -0.25) is 4.79 Å². The number of amides is 1. The summed E-state index contributed by atoms with van der Waals surface area (Å²) in [7, 11) is 0. The van der Waals surface area contributed by atoms with Gasteiger partial charge in [0.1, 0.15) is 5.82 Å². The summed E-state index contributed by atoms with van der Waals surface area (Å²) >= 11 is 5.58. The molecule has 0 fully saturated rings. The Morgan fingerprint density at radius 2 is 2.27 bits per heavy atom. The van der Waals surface area contributed by atoms with Gasteiger partial charge in [-0.1, -0.05) is 17.7 Å². The van der Waals surface area contributed by atoms with Crippen molar-refractivity contribution in [3.8, 4) is 0 Å². The number of halogens is 2. The molecule has 0 aliphatic rings. The molecule has 3 N–H and O–H groups in total. The molecule has 0 spiro atoms. The van der Waals surface area contributed by atoms with Crippen LogP contribution < -0.4 is 11.1 Å². The van der Waals surface area contributed by atoms with E-state index in [0.717, 1.165) is 0 Å². The molecule has 5 heteroatoms. The van der Waals surface area contributed by atoms with Gasteiger partial charge in [0.05, 0.1) is 6.42 Å². The Hall–Kier alpha value is -1.13. The molecule has 3 nitrogen and oxygen atoms in total. The fourth-order valence-corrected chi connectivity index (χ4v) is 1.27. The molecule has 0 aliphatic carbocycles. The van der Waals surface area contributed by atoms with Gasteiger partial charge >= 0.3 is 0 Å². The molecule has 0 radical (unpaired) electrons. The number of carbonyl (C=O) groups is 1. The Morgan fingerprint density at radius 1 is 1.53 bits per heavy atom. The molecule has 82 valence electrons. The molecule has 0 saturated heterocycles. The molecule has 0 aromatic heterocycles. The van der Waals surface area contributed by atoms with Crippen molar-refractivity contribution in [2.45, 2.75) is 6.42 Å². The highest BCUT2D eigenvalue weighted by Gasteiger charge is 2.07. The number of nitrogens with two attached hydrogens (primary N) is 1. The van der Waals surface area contributed by atoms with Gasteiger partial charge in [0.25, 0.3) is 0 Å². The number of carbonyl (C=O) groups excluding carboxylic acids is 1. The van der Waals surface area contributed by atoms with Crippen molar-refractivity contribution in [2.75, 3.05) is 13.1 Å². The topological polar surface area (TPSA) is 55.1 Å². The molecular formula is C10H12ClFN2O. The molecule has 15 heavy (non-hydrogen) atoms. The van der Waals surface area contributed by atoms with Crippen LogP contribution in [-0.2, 0) is 11.2 Å². The molecule has 1 rings (SSSR count). The molecule has 0 atom stereocenters. The van der Waals surface area contributed by atoms with Crippen molar-refractivity contribution in [1.82, 2.24) is 5.32 Å². The van der Waals surface area contributed by atoms with E-state index in [4.69, 9.17) is 17.3 Å². The Kier molecular flexibility index (Phi) is 4.52. The van der Waals surface area contributed by atoms with E-state index in [2.05, 4.69) is 5.32 Å². The van der Waals surface area contributed by atoms with Crippen LogP contribution in [0.3, 0.4) is 0 Å². The number of hydrogen-bond acceptors (Lipinski definition) is 2. The third-order valence-electron chi connectivity index (χ3n) is 1.83. The first-order valence-electron chi connectivity index (χ1n) is 4.54. The van der Waals surface area contributed by atoms with Crippen LogP contribution in [0.15, 0.2) is 18.2 Å². The Bertz CT molecular complexity index is 357. The molecule has 0 bridgehead atoms. The maximum atomic E-state index is 13.2. The van der Waals surface area contributed by atoms with E-state index in [-0.39, 0.29) is 12.3 Å². The monoisotopic (exact) mass is 230 g/mol. The molecular weight excluding hydrogens is 219 g/mol. The molecule has 0 heterocycles. The SMILES string of the molecule is NCCNC(=O)Cc1ccc(Cl)cc1F. The third-order valence-corrected chi connectivity index (χ3v) is 2.07. The fraction of sp³-hybridized carbons (Fsp3) is 0.300. The van der Waals surface area contributed by atoms with Crippen molar-refractivity contribution in [3.63, 3.8) is 0 Å². The predicted octanol–water partition coefficient (Wildman–Crippen LogP) is 1.10. The van der Waals surface area contributed by atoms with E-state index in [0.29, 0.717) is 23.7 Å².